The largest absolute Gasteiger partial charge is 0.309 e. The van der Waals surface area contributed by atoms with Crippen molar-refractivity contribution in [1.82, 2.24) is 19.1 Å². The summed E-state index contributed by atoms with van der Waals surface area (Å²) in [6.45, 7) is 4.00. The van der Waals surface area contributed by atoms with Gasteiger partial charge in [-0.3, -0.25) is 4.57 Å². The van der Waals surface area contributed by atoms with E-state index in [-0.39, 0.29) is 0 Å². The van der Waals surface area contributed by atoms with Crippen LogP contribution in [0.2, 0.25) is 0 Å². The van der Waals surface area contributed by atoms with Crippen LogP contribution >= 0.6 is 11.3 Å². The van der Waals surface area contributed by atoms with E-state index in [1.54, 1.807) is 0 Å². The molecule has 4 nitrogen and oxygen atoms in total. The number of nitrogens with zero attached hydrogens (tertiary/aromatic N) is 4. The number of aromatic nitrogens is 4. The molecule has 0 radical (unpaired) electrons. The molecule has 5 heteroatoms. The summed E-state index contributed by atoms with van der Waals surface area (Å²) in [4.78, 5) is 10.9. The number of hydrogen-bond acceptors (Lipinski definition) is 3. The maximum absolute atomic E-state index is 5.49. The first-order valence-corrected chi connectivity index (χ1v) is 24.5. The standard InChI is InChI=1S/C62H38N4S.C2H6/c1-2-15-39(16-3-1)60-51-24-4-8-27-54(51)63-62(64-60)66-57-33-32-45(65-55-28-9-5-21-47(55)48-22-6-10-29-56(48)65)38-52(57)50-26-14-25-46(61(50)66)44-20-13-19-42(36-44)40-17-12-18-41(35-40)43-31-34-59-53(37-43)49-23-7-11-30-58(49)67-59;1-2/h1-38H;1-2H3. The Labute approximate surface area is 403 Å². The van der Waals surface area contributed by atoms with Gasteiger partial charge in [0.1, 0.15) is 0 Å². The number of para-hydroxylation sites is 4. The van der Waals surface area contributed by atoms with Crippen molar-refractivity contribution in [3.8, 4) is 56.3 Å². The second-order valence-corrected chi connectivity index (χ2v) is 18.4. The molecule has 0 bridgehead atoms. The van der Waals surface area contributed by atoms with Crippen LogP contribution in [0.4, 0.5) is 0 Å². The minimum Gasteiger partial charge on any atom is -0.309 e. The van der Waals surface area contributed by atoms with Gasteiger partial charge in [0.05, 0.1) is 33.3 Å². The highest BCUT2D eigenvalue weighted by atomic mass is 32.1. The molecule has 4 aromatic heterocycles. The van der Waals surface area contributed by atoms with Crippen molar-refractivity contribution in [1.29, 1.82) is 0 Å². The van der Waals surface area contributed by atoms with Crippen LogP contribution in [0.25, 0.3) is 131 Å². The maximum atomic E-state index is 5.49. The van der Waals surface area contributed by atoms with E-state index in [1.807, 2.05) is 25.2 Å². The van der Waals surface area contributed by atoms with Gasteiger partial charge in [-0.15, -0.1) is 11.3 Å². The van der Waals surface area contributed by atoms with Gasteiger partial charge in [-0.25, -0.2) is 9.97 Å². The Hall–Kier alpha value is -8.64. The predicted molar refractivity (Wildman–Crippen MR) is 294 cm³/mol. The highest BCUT2D eigenvalue weighted by molar-refractivity contribution is 7.25. The lowest BCUT2D eigenvalue weighted by Gasteiger charge is -2.14. The summed E-state index contributed by atoms with van der Waals surface area (Å²) in [5.41, 5.74) is 15.4. The zero-order valence-corrected chi connectivity index (χ0v) is 39.0. The van der Waals surface area contributed by atoms with Gasteiger partial charge in [0.2, 0.25) is 5.95 Å². The molecule has 69 heavy (non-hydrogen) atoms. The summed E-state index contributed by atoms with van der Waals surface area (Å²) in [5, 5.41) is 8.39. The lowest BCUT2D eigenvalue weighted by atomic mass is 9.95. The van der Waals surface area contributed by atoms with Gasteiger partial charge in [-0.05, 0) is 94.5 Å². The zero-order valence-electron chi connectivity index (χ0n) is 38.1. The molecule has 0 amide bonds. The van der Waals surface area contributed by atoms with Crippen molar-refractivity contribution < 1.29 is 0 Å². The second kappa shape index (κ2) is 16.6. The molecular formula is C64H44N4S. The number of rotatable bonds is 6. The monoisotopic (exact) mass is 900 g/mol. The molecule has 14 rings (SSSR count). The van der Waals surface area contributed by atoms with Gasteiger partial charge in [0.15, 0.2) is 0 Å². The van der Waals surface area contributed by atoms with Gasteiger partial charge < -0.3 is 4.57 Å². The highest BCUT2D eigenvalue weighted by Crippen LogP contribution is 2.42. The van der Waals surface area contributed by atoms with Gasteiger partial charge >= 0.3 is 0 Å². The van der Waals surface area contributed by atoms with Crippen LogP contribution in [-0.2, 0) is 0 Å². The fourth-order valence-electron chi connectivity index (χ4n) is 10.5. The van der Waals surface area contributed by atoms with E-state index < -0.39 is 0 Å². The summed E-state index contributed by atoms with van der Waals surface area (Å²) in [5.74, 6) is 0.633. The topological polar surface area (TPSA) is 35.6 Å². The fraction of sp³-hybridized carbons (Fsp3) is 0.0312. The molecule has 0 saturated carbocycles. The Morgan fingerprint density at radius 1 is 0.333 bits per heavy atom. The third-order valence-corrected chi connectivity index (χ3v) is 14.7. The van der Waals surface area contributed by atoms with Crippen LogP contribution in [0.3, 0.4) is 0 Å². The fourth-order valence-corrected chi connectivity index (χ4v) is 11.6. The van der Waals surface area contributed by atoms with E-state index >= 15 is 0 Å². The smallest absolute Gasteiger partial charge is 0.235 e. The Balaban J connectivity index is 0.00000232. The SMILES string of the molecule is CC.c1ccc(-c2nc(-n3c4ccc(-n5c6ccccc6c6ccccc65)cc4c4cccc(-c5cccc(-c6cccc(-c7ccc8sc9ccccc9c8c7)c6)c5)c43)nc3ccccc23)cc1. The lowest BCUT2D eigenvalue weighted by Crippen LogP contribution is -2.04. The van der Waals surface area contributed by atoms with Crippen LogP contribution < -0.4 is 0 Å². The Morgan fingerprint density at radius 3 is 1.64 bits per heavy atom. The van der Waals surface area contributed by atoms with E-state index in [0.29, 0.717) is 5.95 Å². The van der Waals surface area contributed by atoms with Crippen LogP contribution in [0.5, 0.6) is 0 Å². The van der Waals surface area contributed by atoms with E-state index in [1.165, 1.54) is 58.7 Å². The van der Waals surface area contributed by atoms with Crippen LogP contribution in [0.15, 0.2) is 231 Å². The normalized spacial score (nSPS) is 11.6. The predicted octanol–water partition coefficient (Wildman–Crippen LogP) is 17.9. The number of thiophene rings is 1. The molecule has 0 atom stereocenters. The third kappa shape index (κ3) is 6.65. The van der Waals surface area contributed by atoms with Gasteiger partial charge in [0, 0.05) is 63.9 Å². The zero-order chi connectivity index (χ0) is 46.0. The van der Waals surface area contributed by atoms with E-state index in [9.17, 15) is 0 Å². The van der Waals surface area contributed by atoms with Gasteiger partial charge in [-0.1, -0.05) is 178 Å². The van der Waals surface area contributed by atoms with E-state index in [0.717, 1.165) is 66.3 Å². The molecule has 10 aromatic carbocycles. The Morgan fingerprint density at radius 2 is 0.884 bits per heavy atom. The molecule has 0 saturated heterocycles. The minimum absolute atomic E-state index is 0.633. The van der Waals surface area contributed by atoms with Crippen molar-refractivity contribution in [2.75, 3.05) is 0 Å². The Kier molecular flexibility index (Phi) is 9.77. The highest BCUT2D eigenvalue weighted by Gasteiger charge is 2.22. The average Bonchev–Trinajstić information content (AvgIpc) is 4.09. The number of benzene rings is 10. The van der Waals surface area contributed by atoms with Crippen LogP contribution in [0.1, 0.15) is 13.8 Å². The average molecular weight is 901 g/mol. The van der Waals surface area contributed by atoms with Crippen molar-refractivity contribution in [2.24, 2.45) is 0 Å². The molecule has 4 heterocycles. The van der Waals surface area contributed by atoms with Crippen molar-refractivity contribution >= 4 is 86.0 Å². The Bertz CT molecular complexity index is 4230. The van der Waals surface area contributed by atoms with E-state index in [4.69, 9.17) is 9.97 Å². The molecule has 14 aromatic rings. The molecule has 0 aliphatic carbocycles. The van der Waals surface area contributed by atoms with Gasteiger partial charge in [-0.2, -0.15) is 0 Å². The van der Waals surface area contributed by atoms with Crippen LogP contribution in [-0.4, -0.2) is 19.1 Å². The first kappa shape index (κ1) is 40.6. The quantitative estimate of drug-likeness (QED) is 0.167. The molecule has 0 unspecified atom stereocenters. The summed E-state index contributed by atoms with van der Waals surface area (Å²) in [7, 11) is 0. The first-order chi connectivity index (χ1) is 34.2. The second-order valence-electron chi connectivity index (χ2n) is 17.3. The minimum atomic E-state index is 0.633. The molecule has 0 spiro atoms. The summed E-state index contributed by atoms with van der Waals surface area (Å²) in [6.07, 6.45) is 0. The summed E-state index contributed by atoms with van der Waals surface area (Å²) < 4.78 is 7.33. The lowest BCUT2D eigenvalue weighted by molar-refractivity contribution is 1.01. The first-order valence-electron chi connectivity index (χ1n) is 23.7. The van der Waals surface area contributed by atoms with E-state index in [2.05, 4.69) is 240 Å². The molecule has 0 fully saturated rings. The molecule has 0 aliphatic rings. The molecule has 0 N–H and O–H groups in total. The maximum Gasteiger partial charge on any atom is 0.235 e. The number of fused-ring (bicyclic) bond motifs is 10. The summed E-state index contributed by atoms with van der Waals surface area (Å²) in [6, 6.07) is 83.4. The molecule has 326 valence electrons. The number of hydrogen-bond donors (Lipinski definition) is 0. The van der Waals surface area contributed by atoms with Crippen molar-refractivity contribution in [2.45, 2.75) is 13.8 Å². The van der Waals surface area contributed by atoms with Gasteiger partial charge in [0.25, 0.3) is 0 Å². The molecule has 0 aliphatic heterocycles. The summed E-state index contributed by atoms with van der Waals surface area (Å²) >= 11 is 1.86. The van der Waals surface area contributed by atoms with Crippen molar-refractivity contribution in [3.63, 3.8) is 0 Å². The van der Waals surface area contributed by atoms with Crippen molar-refractivity contribution in [3.05, 3.63) is 231 Å². The third-order valence-electron chi connectivity index (χ3n) is 13.5. The van der Waals surface area contributed by atoms with Crippen LogP contribution in [0, 0.1) is 0 Å². The molecular weight excluding hydrogens is 857 g/mol.